The summed E-state index contributed by atoms with van der Waals surface area (Å²) in [7, 11) is 0. The molecule has 0 aliphatic rings. The van der Waals surface area contributed by atoms with Crippen molar-refractivity contribution in [3.05, 3.63) is 11.8 Å². The summed E-state index contributed by atoms with van der Waals surface area (Å²) < 4.78 is 9.62. The molecule has 4 nitrogen and oxygen atoms in total. The minimum absolute atomic E-state index is 0.0174. The fourth-order valence-corrected chi connectivity index (χ4v) is 0.794. The third-order valence-electron chi connectivity index (χ3n) is 1.48. The van der Waals surface area contributed by atoms with Gasteiger partial charge in [-0.3, -0.25) is 4.79 Å². The molecular weight excluding hydrogens is 184 g/mol. The van der Waals surface area contributed by atoms with E-state index in [1.807, 2.05) is 0 Å². The average molecular weight is 200 g/mol. The highest BCUT2D eigenvalue weighted by Crippen LogP contribution is 2.03. The first-order valence-corrected chi connectivity index (χ1v) is 4.69. The first-order valence-electron chi connectivity index (χ1n) is 4.69. The molecular formula is C10H16O4. The lowest BCUT2D eigenvalue weighted by molar-refractivity contribution is -0.140. The molecule has 0 heterocycles. The molecule has 0 spiro atoms. The Morgan fingerprint density at radius 2 is 1.79 bits per heavy atom. The van der Waals surface area contributed by atoms with Gasteiger partial charge in [0.05, 0.1) is 13.2 Å². The Morgan fingerprint density at radius 3 is 2.21 bits per heavy atom. The van der Waals surface area contributed by atoms with Gasteiger partial charge in [0.25, 0.3) is 0 Å². The van der Waals surface area contributed by atoms with Gasteiger partial charge in [0.1, 0.15) is 11.8 Å². The van der Waals surface area contributed by atoms with Crippen LogP contribution in [0.2, 0.25) is 0 Å². The third kappa shape index (κ3) is 4.07. The quantitative estimate of drug-likeness (QED) is 0.214. The molecule has 0 aromatic carbocycles. The minimum Gasteiger partial charge on any atom is -0.500 e. The van der Waals surface area contributed by atoms with Crippen LogP contribution in [0.1, 0.15) is 27.2 Å². The molecule has 0 aliphatic carbocycles. The maximum absolute atomic E-state index is 11.3. The lowest BCUT2D eigenvalue weighted by Crippen LogP contribution is -2.15. The van der Waals surface area contributed by atoms with Gasteiger partial charge in [-0.1, -0.05) is 6.92 Å². The first kappa shape index (κ1) is 12.7. The van der Waals surface area contributed by atoms with Gasteiger partial charge < -0.3 is 9.47 Å². The van der Waals surface area contributed by atoms with Gasteiger partial charge in [-0.15, -0.1) is 0 Å². The number of Topliss-reactive ketones (excluding diaryl/α,β-unsaturated/α-hetero) is 1. The molecule has 0 rings (SSSR count). The zero-order valence-electron chi connectivity index (χ0n) is 8.83. The fourth-order valence-electron chi connectivity index (χ4n) is 0.794. The van der Waals surface area contributed by atoms with E-state index >= 15 is 0 Å². The summed E-state index contributed by atoms with van der Waals surface area (Å²) in [6.07, 6.45) is 1.43. The molecule has 0 bridgehead atoms. The van der Waals surface area contributed by atoms with Crippen LogP contribution in [0.4, 0.5) is 0 Å². The Hall–Kier alpha value is -1.32. The Labute approximate surface area is 83.9 Å². The zero-order chi connectivity index (χ0) is 11.0. The van der Waals surface area contributed by atoms with Crippen LogP contribution in [-0.2, 0) is 19.1 Å². The molecule has 0 aromatic heterocycles. The van der Waals surface area contributed by atoms with Crippen LogP contribution in [0.15, 0.2) is 11.8 Å². The number of carbonyl (C=O) groups is 2. The Balaban J connectivity index is 4.54. The van der Waals surface area contributed by atoms with Gasteiger partial charge >= 0.3 is 5.97 Å². The Bertz CT molecular complexity index is 230. The monoisotopic (exact) mass is 200 g/mol. The molecule has 0 aliphatic heterocycles. The van der Waals surface area contributed by atoms with Crippen LogP contribution in [0, 0.1) is 0 Å². The second-order valence-corrected chi connectivity index (χ2v) is 2.48. The van der Waals surface area contributed by atoms with Crippen LogP contribution in [0.25, 0.3) is 0 Å². The maximum Gasteiger partial charge on any atom is 0.344 e. The maximum atomic E-state index is 11.3. The summed E-state index contributed by atoms with van der Waals surface area (Å²) in [6.45, 7) is 5.81. The SMILES string of the molecule is CCOC=C(C(=O)CC)C(=O)OCC. The normalized spacial score (nSPS) is 10.9. The molecule has 14 heavy (non-hydrogen) atoms. The smallest absolute Gasteiger partial charge is 0.344 e. The van der Waals surface area contributed by atoms with E-state index in [-0.39, 0.29) is 24.4 Å². The highest BCUT2D eigenvalue weighted by molar-refractivity contribution is 6.16. The predicted molar refractivity (Wildman–Crippen MR) is 51.6 cm³/mol. The van der Waals surface area contributed by atoms with Crippen molar-refractivity contribution in [2.75, 3.05) is 13.2 Å². The van der Waals surface area contributed by atoms with Crippen LogP contribution in [0.5, 0.6) is 0 Å². The highest BCUT2D eigenvalue weighted by Gasteiger charge is 2.18. The van der Waals surface area contributed by atoms with E-state index in [1.165, 1.54) is 6.26 Å². The van der Waals surface area contributed by atoms with Crippen molar-refractivity contribution in [1.29, 1.82) is 0 Å². The Morgan fingerprint density at radius 1 is 1.14 bits per heavy atom. The van der Waals surface area contributed by atoms with Crippen LogP contribution in [-0.4, -0.2) is 25.0 Å². The zero-order valence-corrected chi connectivity index (χ0v) is 8.83. The molecule has 0 fully saturated rings. The number of rotatable bonds is 6. The van der Waals surface area contributed by atoms with Crippen molar-refractivity contribution < 1.29 is 19.1 Å². The van der Waals surface area contributed by atoms with E-state index in [9.17, 15) is 9.59 Å². The summed E-state index contributed by atoms with van der Waals surface area (Å²) in [5.41, 5.74) is -0.0174. The second-order valence-electron chi connectivity index (χ2n) is 2.48. The third-order valence-corrected chi connectivity index (χ3v) is 1.48. The van der Waals surface area contributed by atoms with Crippen LogP contribution >= 0.6 is 0 Å². The summed E-state index contributed by atoms with van der Waals surface area (Å²) in [5.74, 6) is -0.885. The van der Waals surface area contributed by atoms with Crippen molar-refractivity contribution >= 4 is 11.8 Å². The van der Waals surface area contributed by atoms with E-state index < -0.39 is 5.97 Å². The molecule has 4 heteroatoms. The average Bonchev–Trinajstić information content (AvgIpc) is 2.18. The molecule has 0 radical (unpaired) electrons. The van der Waals surface area contributed by atoms with Gasteiger partial charge in [0.2, 0.25) is 0 Å². The van der Waals surface area contributed by atoms with Gasteiger partial charge in [-0.2, -0.15) is 0 Å². The second kappa shape index (κ2) is 7.12. The van der Waals surface area contributed by atoms with Crippen molar-refractivity contribution in [2.24, 2.45) is 0 Å². The molecule has 0 aromatic rings. The van der Waals surface area contributed by atoms with E-state index in [2.05, 4.69) is 0 Å². The largest absolute Gasteiger partial charge is 0.500 e. The lowest BCUT2D eigenvalue weighted by atomic mass is 10.1. The number of ether oxygens (including phenoxy) is 2. The van der Waals surface area contributed by atoms with E-state index in [1.54, 1.807) is 20.8 Å². The first-order chi connectivity index (χ1) is 6.67. The van der Waals surface area contributed by atoms with Gasteiger partial charge in [0, 0.05) is 6.42 Å². The van der Waals surface area contributed by atoms with Crippen molar-refractivity contribution in [3.8, 4) is 0 Å². The number of hydrogen-bond donors (Lipinski definition) is 0. The molecule has 0 amide bonds. The molecule has 0 unspecified atom stereocenters. The fraction of sp³-hybridized carbons (Fsp3) is 0.600. The summed E-state index contributed by atoms with van der Waals surface area (Å²) in [4.78, 5) is 22.5. The Kier molecular flexibility index (Phi) is 6.45. The minimum atomic E-state index is -0.618. The summed E-state index contributed by atoms with van der Waals surface area (Å²) in [5, 5.41) is 0. The molecule has 0 saturated carbocycles. The summed E-state index contributed by atoms with van der Waals surface area (Å²) in [6, 6.07) is 0. The van der Waals surface area contributed by atoms with E-state index in [0.717, 1.165) is 0 Å². The number of esters is 1. The number of hydrogen-bond acceptors (Lipinski definition) is 4. The standard InChI is InChI=1S/C10H16O4/c1-4-9(11)8(7-13-5-2)10(12)14-6-3/h7H,4-6H2,1-3H3. The predicted octanol–water partition coefficient (Wildman–Crippen LogP) is 1.45. The van der Waals surface area contributed by atoms with Gasteiger partial charge in [-0.25, -0.2) is 4.79 Å². The molecule has 0 saturated heterocycles. The van der Waals surface area contributed by atoms with Gasteiger partial charge in [-0.05, 0) is 13.8 Å². The topological polar surface area (TPSA) is 52.6 Å². The number of ketones is 1. The van der Waals surface area contributed by atoms with Crippen molar-refractivity contribution in [3.63, 3.8) is 0 Å². The van der Waals surface area contributed by atoms with Crippen molar-refractivity contribution in [2.45, 2.75) is 27.2 Å². The number of carbonyl (C=O) groups excluding carboxylic acids is 2. The van der Waals surface area contributed by atoms with E-state index in [0.29, 0.717) is 6.61 Å². The van der Waals surface area contributed by atoms with Gasteiger partial charge in [0.15, 0.2) is 5.78 Å². The molecule has 0 atom stereocenters. The van der Waals surface area contributed by atoms with E-state index in [4.69, 9.17) is 9.47 Å². The molecule has 80 valence electrons. The summed E-state index contributed by atoms with van der Waals surface area (Å²) >= 11 is 0. The molecule has 0 N–H and O–H groups in total. The van der Waals surface area contributed by atoms with Crippen molar-refractivity contribution in [1.82, 2.24) is 0 Å². The van der Waals surface area contributed by atoms with Crippen LogP contribution in [0.3, 0.4) is 0 Å². The van der Waals surface area contributed by atoms with Crippen LogP contribution < -0.4 is 0 Å². The lowest BCUT2D eigenvalue weighted by Gasteiger charge is -2.04. The highest BCUT2D eigenvalue weighted by atomic mass is 16.5.